The van der Waals surface area contributed by atoms with Crippen molar-refractivity contribution in [3.8, 4) is 0 Å². The Kier molecular flexibility index (Phi) is 14.7. The number of guanidine groups is 2. The normalized spacial score (nSPS) is 12.9. The van der Waals surface area contributed by atoms with Crippen LogP contribution in [-0.4, -0.2) is 79.6 Å². The highest BCUT2D eigenvalue weighted by Gasteiger charge is 2.28. The lowest BCUT2D eigenvalue weighted by atomic mass is 10.1. The van der Waals surface area contributed by atoms with Crippen molar-refractivity contribution in [3.05, 3.63) is 0 Å². The van der Waals surface area contributed by atoms with E-state index in [2.05, 4.69) is 26.6 Å². The first-order valence-corrected chi connectivity index (χ1v) is 10.4. The molecule has 1 radical (unpaired) electrons. The van der Waals surface area contributed by atoms with Crippen LogP contribution in [0, 0.1) is 10.8 Å². The van der Waals surface area contributed by atoms with Gasteiger partial charge in [0, 0.05) is 13.1 Å². The van der Waals surface area contributed by atoms with E-state index < -0.39 is 48.2 Å². The molecule has 0 unspecified atom stereocenters. The zero-order valence-electron chi connectivity index (χ0n) is 18.7. The molecule has 3 atom stereocenters. The largest absolute Gasteiger partial charge is 0.370 e. The van der Waals surface area contributed by atoms with Gasteiger partial charge in [-0.05, 0) is 25.7 Å². The van der Waals surface area contributed by atoms with Crippen LogP contribution < -0.4 is 49.5 Å². The molecule has 0 aromatic rings. The minimum atomic E-state index is -1.27. The molecule has 34 heavy (non-hydrogen) atoms. The van der Waals surface area contributed by atoms with Crippen LogP contribution in [0.25, 0.3) is 0 Å². The number of carbonyl (C=O) groups excluding carboxylic acids is 5. The van der Waals surface area contributed by atoms with E-state index in [0.29, 0.717) is 12.8 Å². The van der Waals surface area contributed by atoms with E-state index in [9.17, 15) is 24.0 Å². The summed E-state index contributed by atoms with van der Waals surface area (Å²) in [7, 11) is 0. The maximum absolute atomic E-state index is 12.9. The average Bonchev–Trinajstić information content (AvgIpc) is 2.74. The first-order chi connectivity index (χ1) is 16.0. The molecule has 191 valence electrons. The lowest BCUT2D eigenvalue weighted by Crippen LogP contribution is -2.56. The number of hydrogen-bond donors (Lipinski definition) is 11. The van der Waals surface area contributed by atoms with Crippen LogP contribution in [0.1, 0.15) is 32.1 Å². The van der Waals surface area contributed by atoms with Crippen molar-refractivity contribution in [2.45, 2.75) is 50.2 Å². The third-order valence-corrected chi connectivity index (χ3v) is 4.33. The Balaban J connectivity index is 5.32. The van der Waals surface area contributed by atoms with Crippen molar-refractivity contribution in [3.63, 3.8) is 0 Å². The molecule has 0 saturated heterocycles. The zero-order valence-corrected chi connectivity index (χ0v) is 18.7. The minimum Gasteiger partial charge on any atom is -0.370 e. The van der Waals surface area contributed by atoms with Crippen LogP contribution in [0.2, 0.25) is 0 Å². The summed E-state index contributed by atoms with van der Waals surface area (Å²) in [5.41, 5.74) is 21.1. The summed E-state index contributed by atoms with van der Waals surface area (Å²) >= 11 is 0. The highest BCUT2D eigenvalue weighted by atomic mass is 16.2. The maximum Gasteiger partial charge on any atom is 0.243 e. The van der Waals surface area contributed by atoms with Crippen LogP contribution in [0.4, 0.5) is 0 Å². The van der Waals surface area contributed by atoms with Gasteiger partial charge < -0.3 is 49.5 Å². The van der Waals surface area contributed by atoms with Crippen LogP contribution in [0.3, 0.4) is 0 Å². The summed E-state index contributed by atoms with van der Waals surface area (Å²) in [6, 6.07) is -3.48. The van der Waals surface area contributed by atoms with Crippen molar-refractivity contribution in [2.75, 3.05) is 19.6 Å². The molecule has 0 bridgehead atoms. The van der Waals surface area contributed by atoms with E-state index >= 15 is 0 Å². The first kappa shape index (κ1) is 30.0. The third kappa shape index (κ3) is 14.2. The van der Waals surface area contributed by atoms with Gasteiger partial charge >= 0.3 is 0 Å². The molecule has 15 N–H and O–H groups in total. The van der Waals surface area contributed by atoms with E-state index in [1.807, 2.05) is 0 Å². The first-order valence-electron chi connectivity index (χ1n) is 10.4. The number of primary amides is 1. The fraction of sp³-hybridized carbons (Fsp3) is 0.611. The molecule has 16 heteroatoms. The van der Waals surface area contributed by atoms with Crippen LogP contribution in [-0.2, 0) is 24.0 Å². The summed E-state index contributed by atoms with van der Waals surface area (Å²) < 4.78 is 0. The molecule has 0 fully saturated rings. The standard InChI is InChI=1S/C18H34N11O5/c19-10(9-13(20)31)14(32)28-12(4-2-6-27-18(23)24)16(34)29-11(15(33)25-7-8-30)3-1-5-26-17(21)22/h10-12H,1-7,9,19H2,(H2,20,31)(H,25,33)(H,28,32)(H,29,34)(H4,21,22,26)(H4,23,24,27)/t10-,11-,12-/m0/s1. The lowest BCUT2D eigenvalue weighted by Gasteiger charge is -2.24. The molecule has 16 nitrogen and oxygen atoms in total. The smallest absolute Gasteiger partial charge is 0.243 e. The Morgan fingerprint density at radius 3 is 1.68 bits per heavy atom. The summed E-state index contributed by atoms with van der Waals surface area (Å²) in [5, 5.41) is 26.7. The van der Waals surface area contributed by atoms with Gasteiger partial charge in [0.05, 0.1) is 19.0 Å². The van der Waals surface area contributed by atoms with Crippen molar-refractivity contribution in [1.29, 1.82) is 10.8 Å². The zero-order chi connectivity index (χ0) is 26.1. The molecular weight excluding hydrogens is 450 g/mol. The van der Waals surface area contributed by atoms with Crippen molar-refractivity contribution in [2.24, 2.45) is 22.9 Å². The number of nitrogens with one attached hydrogen (secondary N) is 7. The Labute approximate surface area is 196 Å². The number of rotatable bonds is 17. The number of nitrogens with two attached hydrogens (primary N) is 4. The van der Waals surface area contributed by atoms with Gasteiger partial charge in [-0.25, -0.2) is 0 Å². The van der Waals surface area contributed by atoms with Crippen LogP contribution in [0.15, 0.2) is 0 Å². The minimum absolute atomic E-state index is 0.0868. The highest BCUT2D eigenvalue weighted by molar-refractivity contribution is 5.94. The molecule has 0 heterocycles. The van der Waals surface area contributed by atoms with Crippen LogP contribution >= 0.6 is 0 Å². The van der Waals surface area contributed by atoms with Gasteiger partial charge in [-0.15, -0.1) is 0 Å². The van der Waals surface area contributed by atoms with Crippen LogP contribution in [0.5, 0.6) is 0 Å². The van der Waals surface area contributed by atoms with E-state index in [1.165, 1.54) is 6.29 Å². The van der Waals surface area contributed by atoms with Gasteiger partial charge in [-0.2, -0.15) is 0 Å². The Bertz CT molecular complexity index is 746. The monoisotopic (exact) mass is 484 g/mol. The van der Waals surface area contributed by atoms with E-state index in [-0.39, 0.29) is 44.4 Å². The second kappa shape index (κ2) is 16.7. The topological polar surface area (TPSA) is 297 Å². The molecular formula is C18H34N11O5. The summed E-state index contributed by atoms with van der Waals surface area (Å²) in [4.78, 5) is 59.1. The molecule has 0 aromatic carbocycles. The molecule has 4 amide bonds. The predicted octanol–water partition coefficient (Wildman–Crippen LogP) is -5.09. The number of hydrogen-bond acceptors (Lipinski definition) is 8. The fourth-order valence-corrected chi connectivity index (χ4v) is 2.70. The second-order valence-corrected chi connectivity index (χ2v) is 7.23. The summed E-state index contributed by atoms with van der Waals surface area (Å²) in [6.45, 7) is 0.113. The molecule has 0 aromatic heterocycles. The molecule has 0 saturated carbocycles. The van der Waals surface area contributed by atoms with E-state index in [0.717, 1.165) is 0 Å². The summed E-state index contributed by atoms with van der Waals surface area (Å²) in [6.07, 6.45) is 1.95. The molecule has 0 aliphatic carbocycles. The Hall–Kier alpha value is -3.95. The van der Waals surface area contributed by atoms with Gasteiger partial charge in [0.1, 0.15) is 12.1 Å². The van der Waals surface area contributed by atoms with E-state index in [4.69, 9.17) is 33.8 Å². The van der Waals surface area contributed by atoms with Gasteiger partial charge in [-0.1, -0.05) is 0 Å². The molecule has 0 aliphatic heterocycles. The highest BCUT2D eigenvalue weighted by Crippen LogP contribution is 2.03. The fourth-order valence-electron chi connectivity index (χ4n) is 2.70. The van der Waals surface area contributed by atoms with E-state index in [1.54, 1.807) is 0 Å². The van der Waals surface area contributed by atoms with Crippen molar-refractivity contribution >= 4 is 41.8 Å². The molecule has 0 aliphatic rings. The summed E-state index contributed by atoms with van der Waals surface area (Å²) in [5.74, 6) is -3.46. The lowest BCUT2D eigenvalue weighted by molar-refractivity contribution is -0.133. The van der Waals surface area contributed by atoms with Gasteiger partial charge in [-0.3, -0.25) is 34.8 Å². The quantitative estimate of drug-likeness (QED) is 0.0530. The molecule has 0 rings (SSSR count). The van der Waals surface area contributed by atoms with Crippen molar-refractivity contribution < 1.29 is 24.0 Å². The van der Waals surface area contributed by atoms with Gasteiger partial charge in [0.2, 0.25) is 29.9 Å². The average molecular weight is 485 g/mol. The number of amides is 4. The predicted molar refractivity (Wildman–Crippen MR) is 123 cm³/mol. The Morgan fingerprint density at radius 2 is 1.24 bits per heavy atom. The Morgan fingerprint density at radius 1 is 0.765 bits per heavy atom. The SMILES string of the molecule is N=C(N)NCCC[C@H](NC(=O)[C@H](CCCNC(=N)N)NC(=O)[C@@H](N)CC(N)=O)C(=O)NC[C]=O. The molecule has 0 spiro atoms. The third-order valence-electron chi connectivity index (χ3n) is 4.33. The van der Waals surface area contributed by atoms with Gasteiger partial charge in [0.15, 0.2) is 11.9 Å². The maximum atomic E-state index is 12.9. The number of carbonyl (C=O) groups is 4. The van der Waals surface area contributed by atoms with Gasteiger partial charge in [0.25, 0.3) is 0 Å². The second-order valence-electron chi connectivity index (χ2n) is 7.23. The van der Waals surface area contributed by atoms with Crippen molar-refractivity contribution in [1.82, 2.24) is 26.6 Å².